The molecule has 1 aliphatic carbocycles. The summed E-state index contributed by atoms with van der Waals surface area (Å²) in [4.78, 5) is 16.4. The summed E-state index contributed by atoms with van der Waals surface area (Å²) in [5.41, 5.74) is 1.88. The second-order valence-corrected chi connectivity index (χ2v) is 8.43. The molecule has 2 aliphatic heterocycles. The Morgan fingerprint density at radius 2 is 1.67 bits per heavy atom. The standard InChI is InChI=1S/C21H29N5O/c27-21(6-3-7-21)15-24-10-12-25(13-11-24)17-4-5-19-18(14-17)20(23-16-22-19)26-8-1-2-9-26/h4-5,14,16,27H,1-3,6-13,15H2. The normalized spacial score (nSPS) is 23.0. The van der Waals surface area contributed by atoms with Crippen LogP contribution in [-0.4, -0.2) is 71.4 Å². The molecular formula is C21H29N5O. The first-order chi connectivity index (χ1) is 13.2. The van der Waals surface area contributed by atoms with E-state index in [2.05, 4.69) is 42.9 Å². The van der Waals surface area contributed by atoms with Crippen LogP contribution in [0.15, 0.2) is 24.5 Å². The van der Waals surface area contributed by atoms with Crippen LogP contribution in [-0.2, 0) is 0 Å². The lowest BCUT2D eigenvalue weighted by molar-refractivity contribution is -0.0594. The van der Waals surface area contributed by atoms with Gasteiger partial charge in [0.15, 0.2) is 0 Å². The largest absolute Gasteiger partial charge is 0.389 e. The molecule has 0 bridgehead atoms. The van der Waals surface area contributed by atoms with Gasteiger partial charge in [0, 0.05) is 56.9 Å². The van der Waals surface area contributed by atoms with Crippen molar-refractivity contribution in [1.82, 2.24) is 14.9 Å². The molecule has 2 aromatic rings. The van der Waals surface area contributed by atoms with Gasteiger partial charge in [-0.1, -0.05) is 0 Å². The van der Waals surface area contributed by atoms with Crippen molar-refractivity contribution in [2.75, 3.05) is 55.6 Å². The first-order valence-electron chi connectivity index (χ1n) is 10.4. The number of rotatable bonds is 4. The number of benzene rings is 1. The van der Waals surface area contributed by atoms with Gasteiger partial charge in [0.05, 0.1) is 11.1 Å². The molecule has 1 aromatic heterocycles. The number of fused-ring (bicyclic) bond motifs is 1. The van der Waals surface area contributed by atoms with E-state index in [0.717, 1.165) is 70.0 Å². The van der Waals surface area contributed by atoms with E-state index in [0.29, 0.717) is 0 Å². The molecule has 3 heterocycles. The third-order valence-corrected chi connectivity index (χ3v) is 6.54. The van der Waals surface area contributed by atoms with Gasteiger partial charge in [-0.2, -0.15) is 0 Å². The molecule has 144 valence electrons. The van der Waals surface area contributed by atoms with Crippen molar-refractivity contribution in [3.8, 4) is 0 Å². The zero-order chi connectivity index (χ0) is 18.3. The molecular weight excluding hydrogens is 338 g/mol. The SMILES string of the molecule is OC1(CN2CCN(c3ccc4ncnc(N5CCCC5)c4c3)CC2)CCC1. The molecule has 6 heteroatoms. The molecule has 1 saturated carbocycles. The second kappa shape index (κ2) is 6.91. The molecule has 27 heavy (non-hydrogen) atoms. The Balaban J connectivity index is 1.32. The maximum absolute atomic E-state index is 10.4. The molecule has 3 fully saturated rings. The Hall–Kier alpha value is -1.92. The number of piperazine rings is 1. The molecule has 1 N–H and O–H groups in total. The predicted octanol–water partition coefficient (Wildman–Crippen LogP) is 2.27. The minimum atomic E-state index is -0.410. The van der Waals surface area contributed by atoms with E-state index in [1.54, 1.807) is 6.33 Å². The van der Waals surface area contributed by atoms with E-state index >= 15 is 0 Å². The molecule has 0 radical (unpaired) electrons. The van der Waals surface area contributed by atoms with E-state index in [-0.39, 0.29) is 0 Å². The number of aliphatic hydroxyl groups is 1. The molecule has 5 rings (SSSR count). The molecule has 6 nitrogen and oxygen atoms in total. The van der Waals surface area contributed by atoms with Crippen LogP contribution in [0.2, 0.25) is 0 Å². The summed E-state index contributed by atoms with van der Waals surface area (Å²) in [5.74, 6) is 1.09. The summed E-state index contributed by atoms with van der Waals surface area (Å²) < 4.78 is 0. The highest BCUT2D eigenvalue weighted by atomic mass is 16.3. The summed E-state index contributed by atoms with van der Waals surface area (Å²) >= 11 is 0. The number of hydrogen-bond acceptors (Lipinski definition) is 6. The summed E-state index contributed by atoms with van der Waals surface area (Å²) in [6.07, 6.45) is 7.31. The van der Waals surface area contributed by atoms with Crippen LogP contribution >= 0.6 is 0 Å². The molecule has 0 spiro atoms. The number of aromatic nitrogens is 2. The van der Waals surface area contributed by atoms with Gasteiger partial charge in [0.2, 0.25) is 0 Å². The van der Waals surface area contributed by atoms with Gasteiger partial charge >= 0.3 is 0 Å². The molecule has 3 aliphatic rings. The molecule has 2 saturated heterocycles. The number of nitrogens with zero attached hydrogens (tertiary/aromatic N) is 5. The topological polar surface area (TPSA) is 55.7 Å². The summed E-state index contributed by atoms with van der Waals surface area (Å²) in [7, 11) is 0. The van der Waals surface area contributed by atoms with Crippen molar-refractivity contribution in [3.05, 3.63) is 24.5 Å². The van der Waals surface area contributed by atoms with Crippen molar-refractivity contribution in [2.45, 2.75) is 37.7 Å². The monoisotopic (exact) mass is 367 g/mol. The number of β-amino-alcohol motifs (C(OH)–C–C–N with tert-alkyl or cyclic N) is 1. The van der Waals surface area contributed by atoms with Gasteiger partial charge in [0.25, 0.3) is 0 Å². The van der Waals surface area contributed by atoms with Crippen molar-refractivity contribution in [3.63, 3.8) is 0 Å². The second-order valence-electron chi connectivity index (χ2n) is 8.43. The Kier molecular flexibility index (Phi) is 4.40. The Morgan fingerprint density at radius 3 is 2.37 bits per heavy atom. The van der Waals surface area contributed by atoms with Crippen LogP contribution in [0.1, 0.15) is 32.1 Å². The Labute approximate surface area is 160 Å². The third-order valence-electron chi connectivity index (χ3n) is 6.54. The van der Waals surface area contributed by atoms with E-state index in [1.807, 2.05) is 0 Å². The van der Waals surface area contributed by atoms with Gasteiger partial charge < -0.3 is 14.9 Å². The quantitative estimate of drug-likeness (QED) is 0.895. The molecule has 0 unspecified atom stereocenters. The third kappa shape index (κ3) is 3.36. The number of anilines is 2. The van der Waals surface area contributed by atoms with E-state index in [1.165, 1.54) is 30.3 Å². The van der Waals surface area contributed by atoms with Gasteiger partial charge in [-0.25, -0.2) is 9.97 Å². The van der Waals surface area contributed by atoms with Crippen LogP contribution in [0, 0.1) is 0 Å². The van der Waals surface area contributed by atoms with Crippen molar-refractivity contribution < 1.29 is 5.11 Å². The van der Waals surface area contributed by atoms with Crippen LogP contribution in [0.5, 0.6) is 0 Å². The summed E-state index contributed by atoms with van der Waals surface area (Å²) in [6.45, 7) is 7.08. The van der Waals surface area contributed by atoms with Gasteiger partial charge in [-0.05, 0) is 50.3 Å². The fraction of sp³-hybridized carbons (Fsp3) is 0.619. The number of hydrogen-bond donors (Lipinski definition) is 1. The van der Waals surface area contributed by atoms with Gasteiger partial charge in [-0.15, -0.1) is 0 Å². The predicted molar refractivity (Wildman–Crippen MR) is 108 cm³/mol. The van der Waals surface area contributed by atoms with Crippen molar-refractivity contribution in [1.29, 1.82) is 0 Å². The molecule has 0 amide bonds. The Morgan fingerprint density at radius 1 is 0.889 bits per heavy atom. The van der Waals surface area contributed by atoms with Crippen LogP contribution < -0.4 is 9.80 Å². The van der Waals surface area contributed by atoms with E-state index < -0.39 is 5.60 Å². The highest BCUT2D eigenvalue weighted by molar-refractivity contribution is 5.92. The maximum atomic E-state index is 10.4. The Bertz CT molecular complexity index is 807. The lowest BCUT2D eigenvalue weighted by Gasteiger charge is -2.44. The maximum Gasteiger partial charge on any atom is 0.139 e. The highest BCUT2D eigenvalue weighted by Crippen LogP contribution is 2.33. The molecule has 0 atom stereocenters. The lowest BCUT2D eigenvalue weighted by atomic mass is 9.80. The van der Waals surface area contributed by atoms with Crippen molar-refractivity contribution >= 4 is 22.4 Å². The van der Waals surface area contributed by atoms with E-state index in [4.69, 9.17) is 0 Å². The summed E-state index contributed by atoms with van der Waals surface area (Å²) in [5, 5.41) is 11.6. The van der Waals surface area contributed by atoms with Crippen LogP contribution in [0.4, 0.5) is 11.5 Å². The minimum absolute atomic E-state index is 0.410. The van der Waals surface area contributed by atoms with Crippen LogP contribution in [0.3, 0.4) is 0 Å². The highest BCUT2D eigenvalue weighted by Gasteiger charge is 2.36. The average Bonchev–Trinajstić information content (AvgIpc) is 3.21. The van der Waals surface area contributed by atoms with Gasteiger partial charge in [-0.3, -0.25) is 4.90 Å². The van der Waals surface area contributed by atoms with Crippen molar-refractivity contribution in [2.24, 2.45) is 0 Å². The minimum Gasteiger partial charge on any atom is -0.389 e. The fourth-order valence-corrected chi connectivity index (χ4v) is 4.73. The van der Waals surface area contributed by atoms with E-state index in [9.17, 15) is 5.11 Å². The zero-order valence-corrected chi connectivity index (χ0v) is 16.0. The molecule has 1 aromatic carbocycles. The zero-order valence-electron chi connectivity index (χ0n) is 16.0. The van der Waals surface area contributed by atoms with Crippen LogP contribution in [0.25, 0.3) is 10.9 Å². The fourth-order valence-electron chi connectivity index (χ4n) is 4.73. The lowest BCUT2D eigenvalue weighted by Crippen LogP contribution is -2.54. The van der Waals surface area contributed by atoms with Gasteiger partial charge in [0.1, 0.15) is 12.1 Å². The summed E-state index contributed by atoms with van der Waals surface area (Å²) in [6, 6.07) is 6.60. The smallest absolute Gasteiger partial charge is 0.139 e. The average molecular weight is 367 g/mol. The first kappa shape index (κ1) is 17.2. The first-order valence-corrected chi connectivity index (χ1v) is 10.4.